The van der Waals surface area contributed by atoms with Gasteiger partial charge in [0.05, 0.1) is 24.4 Å². The molecule has 1 saturated heterocycles. The van der Waals surface area contributed by atoms with E-state index in [-0.39, 0.29) is 18.2 Å². The fourth-order valence-corrected chi connectivity index (χ4v) is 5.07. The van der Waals surface area contributed by atoms with Crippen molar-refractivity contribution in [1.82, 2.24) is 29.9 Å². The number of aromatic nitrogens is 5. The van der Waals surface area contributed by atoms with Crippen LogP contribution in [0.5, 0.6) is 5.75 Å². The maximum atomic E-state index is 12.6. The third-order valence-corrected chi connectivity index (χ3v) is 7.30. The average Bonchev–Trinajstić information content (AvgIpc) is 3.53. The van der Waals surface area contributed by atoms with E-state index in [1.165, 1.54) is 5.56 Å². The zero-order chi connectivity index (χ0) is 26.2. The van der Waals surface area contributed by atoms with Crippen LogP contribution in [0.1, 0.15) is 61.2 Å². The smallest absolute Gasteiger partial charge is 0.255 e. The number of nitrogens with one attached hydrogen (secondary N) is 2. The van der Waals surface area contributed by atoms with Gasteiger partial charge in [0.15, 0.2) is 12.1 Å². The standard InChI is InChI=1S/C28H33N7O3/c1-4-19-21-16-29-35(25-7-5-6-14-38-25)23(21)13-12-22(19)31-28-32-26(33-34(28)2)17-8-11-20(24(15-17)37-3)27(36)30-18-9-10-18/h8,11-13,15-16,18,25H,4-7,9-10,14H2,1-3H3,(H,30,36)(H,31,32,33). The van der Waals surface area contributed by atoms with Crippen LogP contribution in [0.3, 0.4) is 0 Å². The quantitative estimate of drug-likeness (QED) is 0.349. The molecule has 1 amide bonds. The first-order valence-corrected chi connectivity index (χ1v) is 13.3. The molecule has 10 nitrogen and oxygen atoms in total. The van der Waals surface area contributed by atoms with Crippen molar-refractivity contribution in [1.29, 1.82) is 0 Å². The summed E-state index contributed by atoms with van der Waals surface area (Å²) < 4.78 is 15.2. The molecular formula is C28H33N7O3. The van der Waals surface area contributed by atoms with E-state index in [4.69, 9.17) is 14.5 Å². The van der Waals surface area contributed by atoms with Crippen LogP contribution in [0.4, 0.5) is 11.6 Å². The second-order valence-electron chi connectivity index (χ2n) is 9.96. The number of nitrogens with zero attached hydrogens (tertiary/aromatic N) is 5. The van der Waals surface area contributed by atoms with Crippen LogP contribution in [0.25, 0.3) is 22.3 Å². The molecular weight excluding hydrogens is 482 g/mol. The number of hydrogen-bond acceptors (Lipinski definition) is 7. The van der Waals surface area contributed by atoms with Crippen molar-refractivity contribution in [2.24, 2.45) is 7.05 Å². The zero-order valence-corrected chi connectivity index (χ0v) is 22.0. The Balaban J connectivity index is 1.27. The number of aryl methyl sites for hydroxylation is 2. The molecule has 2 fully saturated rings. The second-order valence-corrected chi connectivity index (χ2v) is 9.96. The van der Waals surface area contributed by atoms with Gasteiger partial charge in [-0.1, -0.05) is 13.0 Å². The number of amides is 1. The topological polar surface area (TPSA) is 108 Å². The Hall–Kier alpha value is -3.92. The predicted octanol–water partition coefficient (Wildman–Crippen LogP) is 4.74. The number of anilines is 2. The van der Waals surface area contributed by atoms with Crippen molar-refractivity contribution in [3.05, 3.63) is 47.7 Å². The van der Waals surface area contributed by atoms with Gasteiger partial charge in [0.1, 0.15) is 5.75 Å². The molecule has 1 aliphatic carbocycles. The van der Waals surface area contributed by atoms with E-state index in [2.05, 4.69) is 39.9 Å². The first-order valence-electron chi connectivity index (χ1n) is 13.3. The van der Waals surface area contributed by atoms with Gasteiger partial charge >= 0.3 is 0 Å². The summed E-state index contributed by atoms with van der Waals surface area (Å²) in [5.74, 6) is 1.55. The normalized spacial score (nSPS) is 17.5. The number of ether oxygens (including phenoxy) is 2. The fraction of sp³-hybridized carbons (Fsp3) is 0.429. The summed E-state index contributed by atoms with van der Waals surface area (Å²) in [7, 11) is 3.42. The lowest BCUT2D eigenvalue weighted by Crippen LogP contribution is -2.25. The molecule has 0 spiro atoms. The Morgan fingerprint density at radius 2 is 2.05 bits per heavy atom. The number of fused-ring (bicyclic) bond motifs is 1. The SMILES string of the molecule is CCc1c(Nc2nc(-c3ccc(C(=O)NC4CC4)c(OC)c3)nn2C)ccc2c1cnn2C1CCCCO1. The summed E-state index contributed by atoms with van der Waals surface area (Å²) in [5.41, 5.74) is 4.50. The van der Waals surface area contributed by atoms with Crippen molar-refractivity contribution in [3.8, 4) is 17.1 Å². The van der Waals surface area contributed by atoms with Gasteiger partial charge in [-0.2, -0.15) is 10.1 Å². The summed E-state index contributed by atoms with van der Waals surface area (Å²) in [5, 5.41) is 16.9. The van der Waals surface area contributed by atoms with Gasteiger partial charge in [-0.15, -0.1) is 5.10 Å². The summed E-state index contributed by atoms with van der Waals surface area (Å²) in [4.78, 5) is 17.3. The van der Waals surface area contributed by atoms with Gasteiger partial charge in [-0.25, -0.2) is 9.36 Å². The van der Waals surface area contributed by atoms with E-state index < -0.39 is 0 Å². The second kappa shape index (κ2) is 10.1. The monoisotopic (exact) mass is 515 g/mol. The molecule has 1 aliphatic heterocycles. The van der Waals surface area contributed by atoms with Gasteiger partial charge in [0.25, 0.3) is 5.91 Å². The minimum Gasteiger partial charge on any atom is -0.496 e. The highest BCUT2D eigenvalue weighted by molar-refractivity contribution is 5.98. The highest BCUT2D eigenvalue weighted by Gasteiger charge is 2.26. The third-order valence-electron chi connectivity index (χ3n) is 7.30. The molecule has 10 heteroatoms. The van der Waals surface area contributed by atoms with Gasteiger partial charge in [0, 0.05) is 36.3 Å². The maximum absolute atomic E-state index is 12.6. The molecule has 1 unspecified atom stereocenters. The molecule has 4 aromatic rings. The van der Waals surface area contributed by atoms with Crippen LogP contribution in [-0.2, 0) is 18.2 Å². The summed E-state index contributed by atoms with van der Waals surface area (Å²) >= 11 is 0. The van der Waals surface area contributed by atoms with Crippen LogP contribution in [0, 0.1) is 0 Å². The number of benzene rings is 2. The fourth-order valence-electron chi connectivity index (χ4n) is 5.07. The van der Waals surface area contributed by atoms with Gasteiger partial charge in [-0.3, -0.25) is 4.79 Å². The lowest BCUT2D eigenvalue weighted by Gasteiger charge is -2.23. The molecule has 38 heavy (non-hydrogen) atoms. The van der Waals surface area contributed by atoms with Crippen molar-refractivity contribution in [2.45, 2.75) is 57.7 Å². The Kier molecular flexibility index (Phi) is 6.49. The van der Waals surface area contributed by atoms with E-state index in [1.54, 1.807) is 17.9 Å². The highest BCUT2D eigenvalue weighted by atomic mass is 16.5. The Bertz CT molecular complexity index is 1480. The van der Waals surface area contributed by atoms with E-state index in [1.807, 2.05) is 30.1 Å². The number of methoxy groups -OCH3 is 1. The Morgan fingerprint density at radius 1 is 1.18 bits per heavy atom. The maximum Gasteiger partial charge on any atom is 0.255 e. The molecule has 0 bridgehead atoms. The van der Waals surface area contributed by atoms with Crippen molar-refractivity contribution < 1.29 is 14.3 Å². The zero-order valence-electron chi connectivity index (χ0n) is 22.0. The van der Waals surface area contributed by atoms with Crippen LogP contribution >= 0.6 is 0 Å². The number of carbonyl (C=O) groups is 1. The minimum absolute atomic E-state index is 0.00535. The minimum atomic E-state index is -0.118. The lowest BCUT2D eigenvalue weighted by atomic mass is 10.1. The highest BCUT2D eigenvalue weighted by Crippen LogP contribution is 2.33. The third kappa shape index (κ3) is 4.60. The van der Waals surface area contributed by atoms with Crippen LogP contribution in [0.2, 0.25) is 0 Å². The molecule has 0 radical (unpaired) electrons. The predicted molar refractivity (Wildman–Crippen MR) is 145 cm³/mol. The summed E-state index contributed by atoms with van der Waals surface area (Å²) in [6, 6.07) is 9.88. The first kappa shape index (κ1) is 24.4. The molecule has 2 aromatic heterocycles. The molecule has 2 N–H and O–H groups in total. The lowest BCUT2D eigenvalue weighted by molar-refractivity contribution is -0.0366. The molecule has 1 atom stereocenters. The van der Waals surface area contributed by atoms with Crippen LogP contribution in [0.15, 0.2) is 36.5 Å². The van der Waals surface area contributed by atoms with E-state index >= 15 is 0 Å². The van der Waals surface area contributed by atoms with Crippen molar-refractivity contribution in [3.63, 3.8) is 0 Å². The molecule has 6 rings (SSSR count). The molecule has 198 valence electrons. The molecule has 3 heterocycles. The van der Waals surface area contributed by atoms with Gasteiger partial charge in [-0.05, 0) is 68.4 Å². The first-order chi connectivity index (χ1) is 18.6. The van der Waals surface area contributed by atoms with Gasteiger partial charge in [0.2, 0.25) is 5.95 Å². The molecule has 2 aromatic carbocycles. The van der Waals surface area contributed by atoms with Crippen molar-refractivity contribution in [2.75, 3.05) is 19.0 Å². The molecule has 1 saturated carbocycles. The largest absolute Gasteiger partial charge is 0.496 e. The number of hydrogen-bond donors (Lipinski definition) is 2. The van der Waals surface area contributed by atoms with Crippen molar-refractivity contribution >= 4 is 28.4 Å². The number of carbonyl (C=O) groups excluding carboxylic acids is 1. The van der Waals surface area contributed by atoms with E-state index in [9.17, 15) is 4.79 Å². The van der Waals surface area contributed by atoms with Crippen LogP contribution < -0.4 is 15.4 Å². The van der Waals surface area contributed by atoms with Crippen LogP contribution in [-0.4, -0.2) is 50.2 Å². The Morgan fingerprint density at radius 3 is 2.79 bits per heavy atom. The van der Waals surface area contributed by atoms with Gasteiger partial charge < -0.3 is 20.1 Å². The average molecular weight is 516 g/mol. The number of rotatable bonds is 8. The van der Waals surface area contributed by atoms with E-state index in [0.29, 0.717) is 23.1 Å². The molecule has 2 aliphatic rings. The van der Waals surface area contributed by atoms with E-state index in [0.717, 1.165) is 67.3 Å². The summed E-state index contributed by atoms with van der Waals surface area (Å²) in [6.07, 6.45) is 8.08. The summed E-state index contributed by atoms with van der Waals surface area (Å²) in [6.45, 7) is 2.92. The Labute approximate surface area is 221 Å².